The molecular weight excluding hydrogens is 254 g/mol. The van der Waals surface area contributed by atoms with Crippen LogP contribution in [0, 0.1) is 0 Å². The number of amides is 1. The third kappa shape index (κ3) is 2.73. The van der Waals surface area contributed by atoms with Crippen LogP contribution in [0.1, 0.15) is 22.3 Å². The predicted molar refractivity (Wildman–Crippen MR) is 55.4 cm³/mol. The maximum atomic E-state index is 11.4. The van der Waals surface area contributed by atoms with Gasteiger partial charge in [0.1, 0.15) is 4.88 Å². The molecule has 1 rings (SSSR count). The highest BCUT2D eigenvalue weighted by atomic mass is 79.9. The molecule has 0 radical (unpaired) electrons. The van der Waals surface area contributed by atoms with Gasteiger partial charge in [0.15, 0.2) is 0 Å². The molecule has 0 saturated carbocycles. The summed E-state index contributed by atoms with van der Waals surface area (Å²) < 4.78 is 3.74. The van der Waals surface area contributed by atoms with E-state index >= 15 is 0 Å². The molecular formula is C7H10BrN3OS. The molecule has 0 unspecified atom stereocenters. The molecule has 1 aromatic rings. The minimum absolute atomic E-state index is 0.0775. The number of nitrogens with zero attached hydrogens (tertiary/aromatic N) is 2. The Bertz CT molecular complexity index is 289. The first-order valence-corrected chi connectivity index (χ1v) is 5.84. The first kappa shape index (κ1) is 10.6. The molecule has 1 N–H and O–H groups in total. The number of alkyl halides is 1. The zero-order chi connectivity index (χ0) is 9.68. The molecule has 0 saturated heterocycles. The molecule has 6 heteroatoms. The molecule has 72 valence electrons. The lowest BCUT2D eigenvalue weighted by atomic mass is 10.3. The van der Waals surface area contributed by atoms with Gasteiger partial charge in [-0.05, 0) is 18.0 Å². The highest BCUT2D eigenvalue weighted by molar-refractivity contribution is 9.09. The summed E-state index contributed by atoms with van der Waals surface area (Å²) in [5.41, 5.74) is 0.775. The van der Waals surface area contributed by atoms with Gasteiger partial charge in [-0.3, -0.25) is 4.79 Å². The van der Waals surface area contributed by atoms with Gasteiger partial charge in [0.2, 0.25) is 0 Å². The third-order valence-electron chi connectivity index (χ3n) is 1.48. The van der Waals surface area contributed by atoms with E-state index < -0.39 is 0 Å². The number of hydrogen-bond donors (Lipinski definition) is 1. The number of nitrogens with one attached hydrogen (secondary N) is 1. The SMILES string of the molecule is CCc1nnsc1C(=O)NCCBr. The van der Waals surface area contributed by atoms with Gasteiger partial charge in [0.05, 0.1) is 5.69 Å². The van der Waals surface area contributed by atoms with E-state index in [1.165, 1.54) is 0 Å². The van der Waals surface area contributed by atoms with Gasteiger partial charge in [-0.25, -0.2) is 0 Å². The van der Waals surface area contributed by atoms with Crippen LogP contribution in [-0.2, 0) is 6.42 Å². The van der Waals surface area contributed by atoms with Crippen LogP contribution < -0.4 is 5.32 Å². The number of hydrogen-bond acceptors (Lipinski definition) is 4. The van der Waals surface area contributed by atoms with E-state index in [1.54, 1.807) is 0 Å². The van der Waals surface area contributed by atoms with E-state index in [2.05, 4.69) is 30.8 Å². The second-order valence-corrected chi connectivity index (χ2v) is 3.89. The van der Waals surface area contributed by atoms with Crippen LogP contribution in [0.5, 0.6) is 0 Å². The molecule has 0 aliphatic carbocycles. The molecule has 0 aromatic carbocycles. The number of halogens is 1. The van der Waals surface area contributed by atoms with Crippen LogP contribution in [0.15, 0.2) is 0 Å². The number of aromatic nitrogens is 2. The number of carbonyl (C=O) groups excluding carboxylic acids is 1. The second-order valence-electron chi connectivity index (χ2n) is 2.35. The summed E-state index contributed by atoms with van der Waals surface area (Å²) in [6.45, 7) is 2.58. The van der Waals surface area contributed by atoms with Crippen LogP contribution in [0.25, 0.3) is 0 Å². The second kappa shape index (κ2) is 5.29. The lowest BCUT2D eigenvalue weighted by Gasteiger charge is -1.99. The predicted octanol–water partition coefficient (Wildman–Crippen LogP) is 1.23. The molecule has 0 aliphatic rings. The average molecular weight is 264 g/mol. The van der Waals surface area contributed by atoms with Crippen molar-refractivity contribution in [1.29, 1.82) is 0 Å². The van der Waals surface area contributed by atoms with E-state index in [0.29, 0.717) is 11.4 Å². The molecule has 1 amide bonds. The lowest BCUT2D eigenvalue weighted by Crippen LogP contribution is -2.25. The van der Waals surface area contributed by atoms with Crippen LogP contribution in [-0.4, -0.2) is 27.4 Å². The summed E-state index contributed by atoms with van der Waals surface area (Å²) in [4.78, 5) is 12.1. The van der Waals surface area contributed by atoms with Crippen LogP contribution in [0.4, 0.5) is 0 Å². The van der Waals surface area contributed by atoms with Crippen LogP contribution >= 0.6 is 27.5 Å². The fraction of sp³-hybridized carbons (Fsp3) is 0.571. The quantitative estimate of drug-likeness (QED) is 0.832. The Hall–Kier alpha value is -0.490. The average Bonchev–Trinajstić information content (AvgIpc) is 2.61. The summed E-state index contributed by atoms with van der Waals surface area (Å²) in [6, 6.07) is 0. The Kier molecular flexibility index (Phi) is 4.31. The Morgan fingerprint density at radius 3 is 3.08 bits per heavy atom. The molecule has 0 aliphatic heterocycles. The fourth-order valence-electron chi connectivity index (χ4n) is 0.853. The summed E-state index contributed by atoms with van der Waals surface area (Å²) in [7, 11) is 0. The summed E-state index contributed by atoms with van der Waals surface area (Å²) >= 11 is 4.38. The van der Waals surface area contributed by atoms with E-state index in [0.717, 1.165) is 29.0 Å². The Labute approximate surface area is 89.0 Å². The van der Waals surface area contributed by atoms with E-state index in [1.807, 2.05) is 6.92 Å². The maximum absolute atomic E-state index is 11.4. The van der Waals surface area contributed by atoms with Crippen LogP contribution in [0.2, 0.25) is 0 Å². The first-order chi connectivity index (χ1) is 6.29. The van der Waals surface area contributed by atoms with Gasteiger partial charge < -0.3 is 5.32 Å². The third-order valence-corrected chi connectivity index (χ3v) is 2.64. The van der Waals surface area contributed by atoms with Crippen molar-refractivity contribution >= 4 is 33.4 Å². The van der Waals surface area contributed by atoms with Gasteiger partial charge in [0.25, 0.3) is 5.91 Å². The molecule has 13 heavy (non-hydrogen) atoms. The van der Waals surface area contributed by atoms with Gasteiger partial charge in [-0.15, -0.1) is 5.10 Å². The first-order valence-electron chi connectivity index (χ1n) is 3.95. The minimum Gasteiger partial charge on any atom is -0.350 e. The molecule has 0 atom stereocenters. The standard InChI is InChI=1S/C7H10BrN3OS/c1-2-5-6(13-11-10-5)7(12)9-4-3-8/h2-4H2,1H3,(H,9,12). The monoisotopic (exact) mass is 263 g/mol. The van der Waals surface area contributed by atoms with Crippen LogP contribution in [0.3, 0.4) is 0 Å². The van der Waals surface area contributed by atoms with Crippen molar-refractivity contribution in [3.8, 4) is 0 Å². The Balaban J connectivity index is 2.65. The topological polar surface area (TPSA) is 54.9 Å². The van der Waals surface area contributed by atoms with Gasteiger partial charge in [-0.2, -0.15) is 0 Å². The number of rotatable bonds is 4. The van der Waals surface area contributed by atoms with Crippen molar-refractivity contribution in [2.45, 2.75) is 13.3 Å². The normalized spacial score (nSPS) is 10.0. The summed E-state index contributed by atoms with van der Waals surface area (Å²) in [6.07, 6.45) is 0.744. The fourth-order valence-corrected chi connectivity index (χ4v) is 1.72. The minimum atomic E-state index is -0.0775. The van der Waals surface area contributed by atoms with Crippen molar-refractivity contribution in [3.63, 3.8) is 0 Å². The zero-order valence-electron chi connectivity index (χ0n) is 7.21. The van der Waals surface area contributed by atoms with Gasteiger partial charge in [0, 0.05) is 11.9 Å². The van der Waals surface area contributed by atoms with Gasteiger partial charge >= 0.3 is 0 Å². The van der Waals surface area contributed by atoms with E-state index in [4.69, 9.17) is 0 Å². The van der Waals surface area contributed by atoms with Crippen molar-refractivity contribution in [1.82, 2.24) is 14.9 Å². The summed E-state index contributed by atoms with van der Waals surface area (Å²) in [5, 5.41) is 7.37. The molecule has 0 bridgehead atoms. The maximum Gasteiger partial charge on any atom is 0.264 e. The van der Waals surface area contributed by atoms with Gasteiger partial charge in [-0.1, -0.05) is 27.3 Å². The lowest BCUT2D eigenvalue weighted by molar-refractivity contribution is 0.0959. The van der Waals surface area contributed by atoms with Crippen molar-refractivity contribution in [3.05, 3.63) is 10.6 Å². The summed E-state index contributed by atoms with van der Waals surface area (Å²) in [5.74, 6) is -0.0775. The van der Waals surface area contributed by atoms with Crippen molar-refractivity contribution in [2.75, 3.05) is 11.9 Å². The van der Waals surface area contributed by atoms with Crippen molar-refractivity contribution in [2.24, 2.45) is 0 Å². The highest BCUT2D eigenvalue weighted by Gasteiger charge is 2.13. The molecule has 4 nitrogen and oxygen atoms in total. The highest BCUT2D eigenvalue weighted by Crippen LogP contribution is 2.10. The smallest absolute Gasteiger partial charge is 0.264 e. The Morgan fingerprint density at radius 1 is 1.69 bits per heavy atom. The molecule has 1 aromatic heterocycles. The largest absolute Gasteiger partial charge is 0.350 e. The molecule has 1 heterocycles. The van der Waals surface area contributed by atoms with E-state index in [9.17, 15) is 4.79 Å². The van der Waals surface area contributed by atoms with Crippen molar-refractivity contribution < 1.29 is 4.79 Å². The zero-order valence-corrected chi connectivity index (χ0v) is 9.61. The number of carbonyl (C=O) groups is 1. The molecule has 0 spiro atoms. The van der Waals surface area contributed by atoms with E-state index in [-0.39, 0.29) is 5.91 Å². The Morgan fingerprint density at radius 2 is 2.46 bits per heavy atom. The number of aryl methyl sites for hydroxylation is 1. The molecule has 0 fully saturated rings.